The number of pyridine rings is 1. The van der Waals surface area contributed by atoms with Crippen molar-refractivity contribution in [3.05, 3.63) is 23.6 Å². The van der Waals surface area contributed by atoms with Crippen LogP contribution in [-0.2, 0) is 24.8 Å². The number of rotatable bonds is 2. The quantitative estimate of drug-likeness (QED) is 0.666. The van der Waals surface area contributed by atoms with Crippen LogP contribution in [0.3, 0.4) is 0 Å². The van der Waals surface area contributed by atoms with Gasteiger partial charge in [0.15, 0.2) is 0 Å². The Morgan fingerprint density at radius 1 is 1.18 bits per heavy atom. The number of nitrogens with one attached hydrogen (secondary N) is 2. The minimum absolute atomic E-state index is 0.0660. The predicted octanol–water partition coefficient (Wildman–Crippen LogP) is 3.74. The van der Waals surface area contributed by atoms with Gasteiger partial charge in [-0.25, -0.2) is 22.7 Å². The van der Waals surface area contributed by atoms with Crippen LogP contribution >= 0.6 is 0 Å². The molecule has 0 saturated carbocycles. The van der Waals surface area contributed by atoms with E-state index in [2.05, 4.69) is 20.0 Å². The first-order chi connectivity index (χ1) is 15.2. The highest BCUT2D eigenvalue weighted by Gasteiger charge is 2.53. The smallest absolute Gasteiger partial charge is 0.413 e. The normalized spacial score (nSPS) is 29.6. The van der Waals surface area contributed by atoms with Crippen LogP contribution in [0.2, 0.25) is 0 Å². The van der Waals surface area contributed by atoms with Gasteiger partial charge in [0.05, 0.1) is 15.5 Å². The molecule has 2 N–H and O–H groups in total. The fourth-order valence-electron chi connectivity index (χ4n) is 4.09. The van der Waals surface area contributed by atoms with Gasteiger partial charge in [-0.15, -0.1) is 0 Å². The van der Waals surface area contributed by atoms with E-state index in [0.717, 1.165) is 12.8 Å². The van der Waals surface area contributed by atoms with E-state index < -0.39 is 37.5 Å². The monoisotopic (exact) mass is 481 g/mol. The van der Waals surface area contributed by atoms with Crippen molar-refractivity contribution in [3.8, 4) is 0 Å². The number of ether oxygens (including phenoxy) is 1. The second-order valence-corrected chi connectivity index (χ2v) is 12.6. The molecule has 0 spiro atoms. The number of hydrogen-bond donors (Lipinski definition) is 2. The maximum Gasteiger partial charge on any atom is 0.413 e. The molecule has 1 aromatic heterocycles. The minimum Gasteiger partial charge on any atom is -0.444 e. The van der Waals surface area contributed by atoms with Crippen molar-refractivity contribution < 1.29 is 22.9 Å². The maximum atomic E-state index is 15.0. The molecule has 2 aliphatic heterocycles. The van der Waals surface area contributed by atoms with Gasteiger partial charge < -0.3 is 10.1 Å². The first-order valence-corrected chi connectivity index (χ1v) is 12.6. The number of amides is 2. The third kappa shape index (κ3) is 5.18. The molecule has 33 heavy (non-hydrogen) atoms. The van der Waals surface area contributed by atoms with Crippen LogP contribution in [0, 0.1) is 5.82 Å². The molecule has 2 amide bonds. The largest absolute Gasteiger partial charge is 0.444 e. The van der Waals surface area contributed by atoms with E-state index in [1.165, 1.54) is 19.1 Å². The summed E-state index contributed by atoms with van der Waals surface area (Å²) >= 11 is 0. The van der Waals surface area contributed by atoms with Crippen LogP contribution in [0.5, 0.6) is 0 Å². The molecule has 0 aliphatic carbocycles. The molecule has 3 atom stereocenters. The molecule has 0 radical (unpaired) electrons. The third-order valence-electron chi connectivity index (χ3n) is 5.68. The number of aromatic nitrogens is 1. The molecular formula is C22H32FN5O4S. The van der Waals surface area contributed by atoms with Gasteiger partial charge in [-0.05, 0) is 66.0 Å². The molecule has 0 saturated heterocycles. The van der Waals surface area contributed by atoms with Crippen LogP contribution in [0.15, 0.2) is 21.5 Å². The zero-order chi connectivity index (χ0) is 24.7. The molecule has 2 aliphatic rings. The molecular weight excluding hydrogens is 449 g/mol. The molecule has 3 rings (SSSR count). The fraction of sp³-hybridized carbons (Fsp3) is 0.636. The Morgan fingerprint density at radius 3 is 2.52 bits per heavy atom. The van der Waals surface area contributed by atoms with E-state index >= 15 is 0 Å². The van der Waals surface area contributed by atoms with Crippen LogP contribution in [-0.4, -0.2) is 49.7 Å². The zero-order valence-corrected chi connectivity index (χ0v) is 20.8. The number of halogens is 1. The van der Waals surface area contributed by atoms with Crippen molar-refractivity contribution in [2.75, 3.05) is 17.6 Å². The van der Waals surface area contributed by atoms with Crippen LogP contribution in [0.1, 0.15) is 66.5 Å². The number of nitrogens with zero attached hydrogens (tertiary/aromatic N) is 3. The van der Waals surface area contributed by atoms with E-state index in [1.54, 1.807) is 34.6 Å². The van der Waals surface area contributed by atoms with Crippen LogP contribution < -0.4 is 10.6 Å². The van der Waals surface area contributed by atoms with Crippen molar-refractivity contribution in [2.24, 2.45) is 9.36 Å². The standard InChI is InChI=1S/C22H32FN5O4S/c1-14(29)25-16-10-9-15(23)17(26-16)21(5)13-33(31)22(6,11-7-8-12-24-33)18(28-21)27-19(30)32-20(2,3)4/h9-10H,7-8,11-13H2,1-6H3,(H,25,26,29)(H,27,28,30). The van der Waals surface area contributed by atoms with Crippen molar-refractivity contribution in [1.29, 1.82) is 0 Å². The number of hydrogen-bond acceptors (Lipinski definition) is 7. The number of amidine groups is 1. The summed E-state index contributed by atoms with van der Waals surface area (Å²) in [5.74, 6) is -0.789. The van der Waals surface area contributed by atoms with E-state index in [0.29, 0.717) is 13.0 Å². The maximum absolute atomic E-state index is 15.0. The van der Waals surface area contributed by atoms with Gasteiger partial charge in [0.2, 0.25) is 5.91 Å². The van der Waals surface area contributed by atoms with Gasteiger partial charge in [-0.2, -0.15) is 0 Å². The van der Waals surface area contributed by atoms with Crippen molar-refractivity contribution >= 4 is 33.4 Å². The Bertz CT molecular complexity index is 1120. The molecule has 11 heteroatoms. The topological polar surface area (TPSA) is 122 Å². The summed E-state index contributed by atoms with van der Waals surface area (Å²) in [6.07, 6.45) is 1.28. The number of carbonyl (C=O) groups excluding carboxylic acids is 2. The second kappa shape index (κ2) is 8.66. The number of anilines is 1. The number of fused-ring (bicyclic) bond motifs is 1. The van der Waals surface area contributed by atoms with Crippen LogP contribution in [0.4, 0.5) is 15.0 Å². The second-order valence-electron chi connectivity index (χ2n) is 9.89. The Hall–Kier alpha value is -2.56. The first-order valence-electron chi connectivity index (χ1n) is 10.9. The Balaban J connectivity index is 2.17. The van der Waals surface area contributed by atoms with E-state index in [9.17, 15) is 18.2 Å². The summed E-state index contributed by atoms with van der Waals surface area (Å²) in [7, 11) is -2.99. The summed E-state index contributed by atoms with van der Waals surface area (Å²) < 4.78 is 38.2. The molecule has 3 heterocycles. The molecule has 0 fully saturated rings. The van der Waals surface area contributed by atoms with Crippen molar-refractivity contribution in [1.82, 2.24) is 10.3 Å². The number of carbonyl (C=O) groups is 2. The lowest BCUT2D eigenvalue weighted by Crippen LogP contribution is -2.59. The Labute approximate surface area is 194 Å². The minimum atomic E-state index is -2.99. The van der Waals surface area contributed by atoms with Crippen molar-refractivity contribution in [2.45, 2.75) is 76.7 Å². The highest BCUT2D eigenvalue weighted by atomic mass is 32.2. The Morgan fingerprint density at radius 2 is 1.88 bits per heavy atom. The average Bonchev–Trinajstić information content (AvgIpc) is 2.80. The lowest BCUT2D eigenvalue weighted by Gasteiger charge is -2.42. The summed E-state index contributed by atoms with van der Waals surface area (Å²) in [5, 5.41) is 5.22. The zero-order valence-electron chi connectivity index (χ0n) is 20.0. The van der Waals surface area contributed by atoms with Gasteiger partial charge in [0, 0.05) is 13.5 Å². The molecule has 1 aromatic rings. The number of aliphatic imine (C=N–C) groups is 1. The highest BCUT2D eigenvalue weighted by Crippen LogP contribution is 2.42. The van der Waals surface area contributed by atoms with E-state index in [1.807, 2.05) is 0 Å². The fourth-order valence-corrected chi connectivity index (χ4v) is 7.04. The van der Waals surface area contributed by atoms with Gasteiger partial charge in [-0.3, -0.25) is 15.1 Å². The molecule has 9 nitrogen and oxygen atoms in total. The van der Waals surface area contributed by atoms with Gasteiger partial charge in [-0.1, -0.05) is 0 Å². The van der Waals surface area contributed by atoms with E-state index in [-0.39, 0.29) is 29.0 Å². The summed E-state index contributed by atoms with van der Waals surface area (Å²) in [4.78, 5) is 33.1. The predicted molar refractivity (Wildman–Crippen MR) is 125 cm³/mol. The van der Waals surface area contributed by atoms with E-state index in [4.69, 9.17) is 9.73 Å². The summed E-state index contributed by atoms with van der Waals surface area (Å²) in [5.41, 5.74) is -2.23. The molecule has 182 valence electrons. The van der Waals surface area contributed by atoms with Crippen molar-refractivity contribution in [3.63, 3.8) is 0 Å². The summed E-state index contributed by atoms with van der Waals surface area (Å²) in [6, 6.07) is 2.52. The van der Waals surface area contributed by atoms with Crippen LogP contribution in [0.25, 0.3) is 0 Å². The Kier molecular flexibility index (Phi) is 6.58. The van der Waals surface area contributed by atoms with Gasteiger partial charge in [0.1, 0.15) is 39.1 Å². The number of alkyl carbamates (subject to hydrolysis) is 1. The lowest BCUT2D eigenvalue weighted by atomic mass is 9.96. The first kappa shape index (κ1) is 25.1. The van der Waals surface area contributed by atoms with Gasteiger partial charge >= 0.3 is 6.09 Å². The average molecular weight is 482 g/mol. The highest BCUT2D eigenvalue weighted by molar-refractivity contribution is 7.95. The lowest BCUT2D eigenvalue weighted by molar-refractivity contribution is -0.114. The molecule has 0 bridgehead atoms. The third-order valence-corrected chi connectivity index (χ3v) is 9.04. The molecule has 3 unspecified atom stereocenters. The molecule has 0 aromatic carbocycles. The van der Waals surface area contributed by atoms with Gasteiger partial charge in [0.25, 0.3) is 0 Å². The SMILES string of the molecule is CC(=O)Nc1ccc(F)c(C2(C)CS3(=O)=NCCCCC3(C)C(NC(=O)OC(C)(C)C)=N2)n1. The summed E-state index contributed by atoms with van der Waals surface area (Å²) in [6.45, 7) is 10.3.